The number of carbonyl (C=O) groups is 1. The smallest absolute Gasteiger partial charge is 0.224 e. The predicted octanol–water partition coefficient (Wildman–Crippen LogP) is 5.00. The van der Waals surface area contributed by atoms with Crippen LogP contribution in [0.3, 0.4) is 0 Å². The van der Waals surface area contributed by atoms with Crippen LogP contribution in [0.5, 0.6) is 0 Å². The number of aromatic nitrogens is 2. The highest BCUT2D eigenvalue weighted by Crippen LogP contribution is 2.31. The first-order valence-corrected chi connectivity index (χ1v) is 9.16. The number of fused-ring (bicyclic) bond motifs is 1. The third kappa shape index (κ3) is 3.29. The number of anilines is 1. The minimum atomic E-state index is -0.343. The molecule has 1 aliphatic heterocycles. The molecule has 7 heteroatoms. The molecule has 0 amide bonds. The Labute approximate surface area is 159 Å². The predicted molar refractivity (Wildman–Crippen MR) is 102 cm³/mol. The minimum Gasteiger partial charge on any atom is -0.371 e. The van der Waals surface area contributed by atoms with E-state index >= 15 is 0 Å². The van der Waals surface area contributed by atoms with Gasteiger partial charge in [-0.25, -0.2) is 9.37 Å². The number of aromatic amines is 1. The van der Waals surface area contributed by atoms with Crippen molar-refractivity contribution in [2.24, 2.45) is 5.92 Å². The maximum Gasteiger partial charge on any atom is 0.224 e. The van der Waals surface area contributed by atoms with Gasteiger partial charge in [0.1, 0.15) is 11.6 Å². The zero-order valence-electron chi connectivity index (χ0n) is 13.8. The summed E-state index contributed by atoms with van der Waals surface area (Å²) in [5.74, 6) is 0.0325. The normalized spacial score (nSPS) is 15.6. The molecule has 0 saturated carbocycles. The van der Waals surface area contributed by atoms with Gasteiger partial charge in [-0.2, -0.15) is 0 Å². The monoisotopic (exact) mass is 391 g/mol. The van der Waals surface area contributed by atoms with Crippen LogP contribution in [0.2, 0.25) is 5.02 Å². The van der Waals surface area contributed by atoms with Crippen LogP contribution in [0.1, 0.15) is 12.8 Å². The Morgan fingerprint density at radius 1 is 1.19 bits per heavy atom. The molecule has 0 radical (unpaired) electrons. The van der Waals surface area contributed by atoms with Crippen molar-refractivity contribution in [3.63, 3.8) is 0 Å². The van der Waals surface area contributed by atoms with Crippen molar-refractivity contribution in [1.29, 1.82) is 0 Å². The van der Waals surface area contributed by atoms with E-state index in [9.17, 15) is 9.18 Å². The van der Waals surface area contributed by atoms with Gasteiger partial charge in [-0.15, -0.1) is 0 Å². The summed E-state index contributed by atoms with van der Waals surface area (Å²) in [5, 5.41) is 0.323. The van der Waals surface area contributed by atoms with Crippen LogP contribution in [0.25, 0.3) is 22.4 Å². The molecule has 0 aliphatic carbocycles. The van der Waals surface area contributed by atoms with Crippen LogP contribution >= 0.6 is 23.2 Å². The quantitative estimate of drug-likeness (QED) is 0.638. The number of rotatable bonds is 3. The molecule has 4 nitrogen and oxygen atoms in total. The van der Waals surface area contributed by atoms with E-state index in [0.29, 0.717) is 42.3 Å². The zero-order chi connectivity index (χ0) is 18.3. The van der Waals surface area contributed by atoms with Crippen LogP contribution < -0.4 is 4.90 Å². The summed E-state index contributed by atoms with van der Waals surface area (Å²) in [6, 6.07) is 10.3. The molecule has 134 valence electrons. The van der Waals surface area contributed by atoms with Crippen molar-refractivity contribution in [3.05, 3.63) is 47.2 Å². The fourth-order valence-corrected chi connectivity index (χ4v) is 3.76. The molecule has 0 spiro atoms. The average molecular weight is 392 g/mol. The summed E-state index contributed by atoms with van der Waals surface area (Å²) in [6.45, 7) is 1.42. The van der Waals surface area contributed by atoms with Gasteiger partial charge in [0.25, 0.3) is 0 Å². The molecular weight excluding hydrogens is 376 g/mol. The van der Waals surface area contributed by atoms with Gasteiger partial charge < -0.3 is 9.88 Å². The van der Waals surface area contributed by atoms with E-state index in [0.717, 1.165) is 16.7 Å². The number of benzene rings is 2. The number of carbonyl (C=O) groups excluding carboxylic acids is 1. The molecule has 1 aliphatic rings. The maximum atomic E-state index is 14.4. The molecule has 0 atom stereocenters. The Morgan fingerprint density at radius 2 is 1.96 bits per heavy atom. The van der Waals surface area contributed by atoms with Crippen LogP contribution in [0.4, 0.5) is 10.1 Å². The van der Waals surface area contributed by atoms with Gasteiger partial charge in [-0.3, -0.25) is 4.79 Å². The van der Waals surface area contributed by atoms with Crippen molar-refractivity contribution >= 4 is 45.2 Å². The molecule has 1 aromatic heterocycles. The highest BCUT2D eigenvalue weighted by atomic mass is 35.5. The molecule has 0 bridgehead atoms. The topological polar surface area (TPSA) is 49.0 Å². The number of nitrogens with one attached hydrogen (secondary N) is 1. The van der Waals surface area contributed by atoms with Gasteiger partial charge in [0.15, 0.2) is 0 Å². The second-order valence-electron chi connectivity index (χ2n) is 6.48. The Hall–Kier alpha value is -2.11. The van der Waals surface area contributed by atoms with Crippen molar-refractivity contribution < 1.29 is 9.18 Å². The summed E-state index contributed by atoms with van der Waals surface area (Å²) >= 11 is 11.6. The number of hydrogen-bond acceptors (Lipinski definition) is 3. The number of halogens is 3. The van der Waals surface area contributed by atoms with E-state index in [1.54, 1.807) is 30.3 Å². The minimum absolute atomic E-state index is 0.0899. The first-order valence-electron chi connectivity index (χ1n) is 8.41. The van der Waals surface area contributed by atoms with Crippen LogP contribution in [-0.2, 0) is 4.79 Å². The van der Waals surface area contributed by atoms with Crippen molar-refractivity contribution in [3.8, 4) is 11.4 Å². The van der Waals surface area contributed by atoms with E-state index in [-0.39, 0.29) is 17.0 Å². The van der Waals surface area contributed by atoms with Gasteiger partial charge in [0.2, 0.25) is 5.24 Å². The second kappa shape index (κ2) is 6.89. The SMILES string of the molecule is O=C(Cl)C1CCN(c2ccc(F)c(-c3nc4ccc(Cl)cc4[nH]3)c2)CC1. The summed E-state index contributed by atoms with van der Waals surface area (Å²) < 4.78 is 14.4. The Morgan fingerprint density at radius 3 is 2.69 bits per heavy atom. The van der Waals surface area contributed by atoms with Crippen LogP contribution in [0.15, 0.2) is 36.4 Å². The van der Waals surface area contributed by atoms with E-state index in [1.807, 2.05) is 0 Å². The average Bonchev–Trinajstić information content (AvgIpc) is 3.05. The number of hydrogen-bond donors (Lipinski definition) is 1. The summed E-state index contributed by atoms with van der Waals surface area (Å²) in [7, 11) is 0. The first-order chi connectivity index (χ1) is 12.5. The Bertz CT molecular complexity index is 980. The largest absolute Gasteiger partial charge is 0.371 e. The summed E-state index contributed by atoms with van der Waals surface area (Å²) in [6.07, 6.45) is 1.41. The molecule has 1 saturated heterocycles. The number of H-pyrrole nitrogens is 1. The lowest BCUT2D eigenvalue weighted by Gasteiger charge is -2.32. The lowest BCUT2D eigenvalue weighted by molar-refractivity contribution is -0.115. The van der Waals surface area contributed by atoms with Crippen molar-refractivity contribution in [2.75, 3.05) is 18.0 Å². The Balaban J connectivity index is 1.65. The molecule has 1 N–H and O–H groups in total. The molecule has 26 heavy (non-hydrogen) atoms. The van der Waals surface area contributed by atoms with Crippen LogP contribution in [0, 0.1) is 11.7 Å². The molecule has 1 fully saturated rings. The van der Waals surface area contributed by atoms with Gasteiger partial charge in [-0.05, 0) is 60.8 Å². The highest BCUT2D eigenvalue weighted by Gasteiger charge is 2.24. The molecule has 4 rings (SSSR count). The van der Waals surface area contributed by atoms with Gasteiger partial charge in [-0.1, -0.05) is 11.6 Å². The molecule has 2 aromatic carbocycles. The Kier molecular flexibility index (Phi) is 4.59. The van der Waals surface area contributed by atoms with Gasteiger partial charge in [0.05, 0.1) is 16.6 Å². The van der Waals surface area contributed by atoms with E-state index < -0.39 is 0 Å². The first kappa shape index (κ1) is 17.3. The third-order valence-corrected chi connectivity index (χ3v) is 5.37. The van der Waals surface area contributed by atoms with Crippen molar-refractivity contribution in [2.45, 2.75) is 12.8 Å². The second-order valence-corrected chi connectivity index (χ2v) is 7.29. The van der Waals surface area contributed by atoms with Gasteiger partial charge in [0, 0.05) is 29.7 Å². The zero-order valence-corrected chi connectivity index (χ0v) is 15.3. The van der Waals surface area contributed by atoms with E-state index in [1.165, 1.54) is 6.07 Å². The summed E-state index contributed by atoms with van der Waals surface area (Å²) in [4.78, 5) is 21.0. The van der Waals surface area contributed by atoms with E-state index in [4.69, 9.17) is 23.2 Å². The van der Waals surface area contributed by atoms with Crippen LogP contribution in [-0.4, -0.2) is 28.3 Å². The third-order valence-electron chi connectivity index (χ3n) is 4.83. The number of imidazole rings is 1. The molecule has 3 aromatic rings. The molecular formula is C19H16Cl2FN3O. The fourth-order valence-electron chi connectivity index (χ4n) is 3.37. The van der Waals surface area contributed by atoms with Crippen molar-refractivity contribution in [1.82, 2.24) is 9.97 Å². The number of piperidine rings is 1. The summed E-state index contributed by atoms with van der Waals surface area (Å²) in [5.41, 5.74) is 2.81. The maximum absolute atomic E-state index is 14.4. The highest BCUT2D eigenvalue weighted by molar-refractivity contribution is 6.64. The lowest BCUT2D eigenvalue weighted by atomic mass is 9.97. The van der Waals surface area contributed by atoms with E-state index in [2.05, 4.69) is 14.9 Å². The lowest BCUT2D eigenvalue weighted by Crippen LogP contribution is -2.35. The molecule has 0 unspecified atom stereocenters. The van der Waals surface area contributed by atoms with Gasteiger partial charge >= 0.3 is 0 Å². The number of nitrogens with zero attached hydrogens (tertiary/aromatic N) is 2. The molecule has 2 heterocycles. The fraction of sp³-hybridized carbons (Fsp3) is 0.263. The standard InChI is InChI=1S/C19H16Cl2FN3O/c20-12-1-4-16-17(9-12)24-19(23-16)14-10-13(2-3-15(14)22)25-7-5-11(6-8-25)18(21)26/h1-4,9-11H,5-8H2,(H,23,24).